The Balaban J connectivity index is 1.43. The minimum atomic E-state index is -0.265. The molecule has 2 aliphatic heterocycles. The fourth-order valence-corrected chi connectivity index (χ4v) is 3.29. The van der Waals surface area contributed by atoms with Gasteiger partial charge in [-0.15, -0.1) is 0 Å². The van der Waals surface area contributed by atoms with E-state index in [2.05, 4.69) is 20.1 Å². The van der Waals surface area contributed by atoms with Crippen LogP contribution in [0, 0.1) is 0 Å². The number of piperazine rings is 1. The number of morpholine rings is 1. The van der Waals surface area contributed by atoms with Crippen LogP contribution in [0.15, 0.2) is 18.3 Å². The number of pyridine rings is 1. The lowest BCUT2D eigenvalue weighted by atomic mass is 10.2. The molecular weight excluding hydrogens is 362 g/mol. The number of carbonyl (C=O) groups is 2. The van der Waals surface area contributed by atoms with Gasteiger partial charge in [-0.1, -0.05) is 0 Å². The van der Waals surface area contributed by atoms with Crippen molar-refractivity contribution in [1.29, 1.82) is 0 Å². The second-order valence-electron chi connectivity index (χ2n) is 6.79. The third-order valence-corrected chi connectivity index (χ3v) is 4.96. The molecule has 9 heteroatoms. The number of aromatic nitrogens is 1. The van der Waals surface area contributed by atoms with Crippen molar-refractivity contribution >= 4 is 17.8 Å². The summed E-state index contributed by atoms with van der Waals surface area (Å²) in [6.45, 7) is 9.55. The van der Waals surface area contributed by atoms with Crippen LogP contribution < -0.4 is 10.2 Å². The maximum atomic E-state index is 12.3. The minimum absolute atomic E-state index is 0.112. The monoisotopic (exact) mass is 391 g/mol. The molecule has 154 valence electrons. The highest BCUT2D eigenvalue weighted by molar-refractivity contribution is 5.94. The van der Waals surface area contributed by atoms with E-state index >= 15 is 0 Å². The molecular formula is C19H29N5O4. The van der Waals surface area contributed by atoms with Crippen LogP contribution >= 0.6 is 0 Å². The van der Waals surface area contributed by atoms with E-state index in [0.29, 0.717) is 44.9 Å². The fourth-order valence-electron chi connectivity index (χ4n) is 3.29. The molecule has 2 saturated heterocycles. The Kier molecular flexibility index (Phi) is 7.44. The summed E-state index contributed by atoms with van der Waals surface area (Å²) in [5.41, 5.74) is 0.552. The number of anilines is 1. The third kappa shape index (κ3) is 5.56. The summed E-state index contributed by atoms with van der Waals surface area (Å²) < 4.78 is 10.4. The summed E-state index contributed by atoms with van der Waals surface area (Å²) in [5, 5.41) is 2.94. The molecule has 28 heavy (non-hydrogen) atoms. The highest BCUT2D eigenvalue weighted by atomic mass is 16.6. The van der Waals surface area contributed by atoms with Gasteiger partial charge in [-0.2, -0.15) is 0 Å². The lowest BCUT2D eigenvalue weighted by Crippen LogP contribution is -2.49. The van der Waals surface area contributed by atoms with E-state index < -0.39 is 0 Å². The van der Waals surface area contributed by atoms with Crippen molar-refractivity contribution in [1.82, 2.24) is 20.1 Å². The summed E-state index contributed by atoms with van der Waals surface area (Å²) in [6.07, 6.45) is 1.34. The van der Waals surface area contributed by atoms with E-state index in [-0.39, 0.29) is 12.0 Å². The second kappa shape index (κ2) is 10.2. The van der Waals surface area contributed by atoms with Gasteiger partial charge >= 0.3 is 6.09 Å². The first-order valence-corrected chi connectivity index (χ1v) is 9.88. The summed E-state index contributed by atoms with van der Waals surface area (Å²) in [7, 11) is 0. The molecule has 0 bridgehead atoms. The topological polar surface area (TPSA) is 87.2 Å². The quantitative estimate of drug-likeness (QED) is 0.752. The highest BCUT2D eigenvalue weighted by Gasteiger charge is 2.22. The van der Waals surface area contributed by atoms with Crippen molar-refractivity contribution in [2.24, 2.45) is 0 Å². The summed E-state index contributed by atoms with van der Waals surface area (Å²) >= 11 is 0. The molecule has 0 radical (unpaired) electrons. The van der Waals surface area contributed by atoms with Crippen LogP contribution in [0.4, 0.5) is 10.6 Å². The molecule has 0 aromatic carbocycles. The molecule has 0 aliphatic carbocycles. The summed E-state index contributed by atoms with van der Waals surface area (Å²) in [6, 6.07) is 3.65. The number of amides is 2. The molecule has 3 heterocycles. The second-order valence-corrected chi connectivity index (χ2v) is 6.79. The molecule has 1 N–H and O–H groups in total. The Morgan fingerprint density at radius 1 is 1.14 bits per heavy atom. The Morgan fingerprint density at radius 3 is 2.54 bits per heavy atom. The van der Waals surface area contributed by atoms with Gasteiger partial charge in [0.25, 0.3) is 5.91 Å². The van der Waals surface area contributed by atoms with Gasteiger partial charge in [0.1, 0.15) is 5.82 Å². The van der Waals surface area contributed by atoms with E-state index in [0.717, 1.165) is 38.7 Å². The predicted molar refractivity (Wildman–Crippen MR) is 105 cm³/mol. The molecule has 0 atom stereocenters. The zero-order chi connectivity index (χ0) is 19.8. The first kappa shape index (κ1) is 20.3. The fraction of sp³-hybridized carbons (Fsp3) is 0.632. The Hall–Kier alpha value is -2.39. The molecule has 3 rings (SSSR count). The van der Waals surface area contributed by atoms with Gasteiger partial charge in [0.15, 0.2) is 0 Å². The zero-order valence-corrected chi connectivity index (χ0v) is 16.4. The normalized spacial score (nSPS) is 18.0. The molecule has 1 aromatic rings. The maximum Gasteiger partial charge on any atom is 0.409 e. The van der Waals surface area contributed by atoms with Gasteiger partial charge in [-0.05, 0) is 19.1 Å². The largest absolute Gasteiger partial charge is 0.450 e. The number of rotatable bonds is 6. The third-order valence-electron chi connectivity index (χ3n) is 4.96. The van der Waals surface area contributed by atoms with Crippen LogP contribution in [0.3, 0.4) is 0 Å². The Morgan fingerprint density at radius 2 is 1.89 bits per heavy atom. The van der Waals surface area contributed by atoms with Crippen molar-refractivity contribution < 1.29 is 19.1 Å². The van der Waals surface area contributed by atoms with Crippen molar-refractivity contribution in [2.45, 2.75) is 6.92 Å². The van der Waals surface area contributed by atoms with Gasteiger partial charge in [-0.25, -0.2) is 9.78 Å². The first-order chi connectivity index (χ1) is 13.7. The van der Waals surface area contributed by atoms with Crippen molar-refractivity contribution in [3.8, 4) is 0 Å². The van der Waals surface area contributed by atoms with Gasteiger partial charge < -0.3 is 24.6 Å². The lowest BCUT2D eigenvalue weighted by Gasteiger charge is -2.34. The number of ether oxygens (including phenoxy) is 2. The van der Waals surface area contributed by atoms with Crippen LogP contribution in [-0.4, -0.2) is 99.0 Å². The van der Waals surface area contributed by atoms with Gasteiger partial charge in [-0.3, -0.25) is 9.69 Å². The minimum Gasteiger partial charge on any atom is -0.450 e. The van der Waals surface area contributed by atoms with E-state index in [1.165, 1.54) is 0 Å². The Labute approximate surface area is 165 Å². The van der Waals surface area contributed by atoms with E-state index in [9.17, 15) is 9.59 Å². The molecule has 2 aliphatic rings. The van der Waals surface area contributed by atoms with Crippen molar-refractivity contribution in [3.63, 3.8) is 0 Å². The van der Waals surface area contributed by atoms with Crippen LogP contribution in [0.1, 0.15) is 17.3 Å². The van der Waals surface area contributed by atoms with E-state index in [1.807, 2.05) is 6.07 Å². The number of hydrogen-bond acceptors (Lipinski definition) is 7. The van der Waals surface area contributed by atoms with Crippen LogP contribution in [0.25, 0.3) is 0 Å². The predicted octanol–water partition coefficient (Wildman–Crippen LogP) is 0.422. The SMILES string of the molecule is CCOC(=O)N1CCN(c2ccc(C(=O)NCCN3CCOCC3)cn2)CC1. The summed E-state index contributed by atoms with van der Waals surface area (Å²) in [4.78, 5) is 34.6. The number of carbonyl (C=O) groups excluding carboxylic acids is 2. The van der Waals surface area contributed by atoms with Crippen molar-refractivity contribution in [3.05, 3.63) is 23.9 Å². The van der Waals surface area contributed by atoms with Crippen LogP contribution in [0.5, 0.6) is 0 Å². The number of hydrogen-bond donors (Lipinski definition) is 1. The molecule has 1 aromatic heterocycles. The molecule has 0 saturated carbocycles. The van der Waals surface area contributed by atoms with Gasteiger partial charge in [0.2, 0.25) is 0 Å². The highest BCUT2D eigenvalue weighted by Crippen LogP contribution is 2.14. The lowest BCUT2D eigenvalue weighted by molar-refractivity contribution is 0.0383. The molecule has 2 fully saturated rings. The maximum absolute atomic E-state index is 12.3. The van der Waals surface area contributed by atoms with Crippen LogP contribution in [-0.2, 0) is 9.47 Å². The molecule has 0 spiro atoms. The number of nitrogens with zero attached hydrogens (tertiary/aromatic N) is 4. The molecule has 2 amide bonds. The average Bonchev–Trinajstić information content (AvgIpc) is 2.75. The zero-order valence-electron chi connectivity index (χ0n) is 16.4. The van der Waals surface area contributed by atoms with E-state index in [4.69, 9.17) is 9.47 Å². The Bertz CT molecular complexity index is 640. The molecule has 9 nitrogen and oxygen atoms in total. The van der Waals surface area contributed by atoms with E-state index in [1.54, 1.807) is 24.1 Å². The van der Waals surface area contributed by atoms with Crippen LogP contribution in [0.2, 0.25) is 0 Å². The molecule has 0 unspecified atom stereocenters. The smallest absolute Gasteiger partial charge is 0.409 e. The first-order valence-electron chi connectivity index (χ1n) is 9.88. The van der Waals surface area contributed by atoms with Gasteiger partial charge in [0, 0.05) is 58.6 Å². The number of nitrogens with one attached hydrogen (secondary N) is 1. The summed E-state index contributed by atoms with van der Waals surface area (Å²) in [5.74, 6) is 0.702. The standard InChI is InChI=1S/C19H29N5O4/c1-2-28-19(26)24-9-7-23(8-10-24)17-4-3-16(15-21-17)18(25)20-5-6-22-11-13-27-14-12-22/h3-4,15H,2,5-14H2,1H3,(H,20,25). The average molecular weight is 391 g/mol. The van der Waals surface area contributed by atoms with Crippen molar-refractivity contribution in [2.75, 3.05) is 77.1 Å². The van der Waals surface area contributed by atoms with Gasteiger partial charge in [0.05, 0.1) is 25.4 Å².